The quantitative estimate of drug-likeness (QED) is 0.634. The number of rotatable bonds is 6. The molecule has 32 heavy (non-hydrogen) atoms. The zero-order chi connectivity index (χ0) is 22.9. The number of benzene rings is 2. The van der Waals surface area contributed by atoms with Gasteiger partial charge in [-0.3, -0.25) is 9.79 Å². The second kappa shape index (κ2) is 8.41. The molecule has 2 aromatic carbocycles. The van der Waals surface area contributed by atoms with Gasteiger partial charge in [-0.15, -0.1) is 0 Å². The fourth-order valence-corrected chi connectivity index (χ4v) is 3.65. The van der Waals surface area contributed by atoms with E-state index in [0.717, 1.165) is 5.22 Å². The van der Waals surface area contributed by atoms with Gasteiger partial charge in [-0.25, -0.2) is 0 Å². The predicted molar refractivity (Wildman–Crippen MR) is 111 cm³/mol. The highest BCUT2D eigenvalue weighted by Crippen LogP contribution is 2.39. The van der Waals surface area contributed by atoms with Crippen molar-refractivity contribution in [2.75, 3.05) is 20.8 Å². The largest absolute Gasteiger partial charge is 0.496 e. The molecule has 0 amide bonds. The highest BCUT2D eigenvalue weighted by atomic mass is 19.4. The van der Waals surface area contributed by atoms with Crippen molar-refractivity contribution in [1.82, 2.24) is 4.98 Å². The zero-order valence-corrected chi connectivity index (χ0v) is 17.2. The van der Waals surface area contributed by atoms with E-state index in [-0.39, 0.29) is 29.2 Å². The summed E-state index contributed by atoms with van der Waals surface area (Å²) >= 11 is 0. The molecule has 166 valence electrons. The van der Waals surface area contributed by atoms with Crippen LogP contribution < -0.4 is 30.5 Å². The molecule has 1 aromatic heterocycles. The molecule has 0 saturated carbocycles. The molecule has 0 aliphatic carbocycles. The molecule has 0 bridgehead atoms. The summed E-state index contributed by atoms with van der Waals surface area (Å²) < 4.78 is 56.6. The van der Waals surface area contributed by atoms with Gasteiger partial charge in [0.2, 0.25) is 5.56 Å². The van der Waals surface area contributed by atoms with Crippen molar-refractivity contribution in [3.8, 4) is 28.4 Å². The van der Waals surface area contributed by atoms with Gasteiger partial charge in [0.15, 0.2) is 11.5 Å². The fourth-order valence-electron chi connectivity index (χ4n) is 3.65. The Kier molecular flexibility index (Phi) is 5.65. The minimum atomic E-state index is -4.60. The van der Waals surface area contributed by atoms with Crippen molar-refractivity contribution in [3.05, 3.63) is 74.7 Å². The molecule has 0 spiro atoms. The summed E-state index contributed by atoms with van der Waals surface area (Å²) in [5, 5.41) is 0.812. The number of H-pyrrole nitrogens is 1. The average molecular weight is 444 g/mol. The lowest BCUT2D eigenvalue weighted by Crippen LogP contribution is -2.33. The summed E-state index contributed by atoms with van der Waals surface area (Å²) in [6.07, 6.45) is -2.69. The summed E-state index contributed by atoms with van der Waals surface area (Å²) in [6.45, 7) is 0.136. The van der Waals surface area contributed by atoms with Gasteiger partial charge < -0.3 is 19.2 Å². The lowest BCUT2D eigenvalue weighted by atomic mass is 10.0. The van der Waals surface area contributed by atoms with Crippen LogP contribution in [0.25, 0.3) is 17.2 Å². The van der Waals surface area contributed by atoms with Gasteiger partial charge in [-0.2, -0.15) is 13.2 Å². The normalized spacial score (nSPS) is 12.5. The van der Waals surface area contributed by atoms with Crippen molar-refractivity contribution in [2.24, 2.45) is 4.99 Å². The Hall–Kier alpha value is -3.75. The third-order valence-corrected chi connectivity index (χ3v) is 5.08. The molecule has 0 fully saturated rings. The SMILES string of the molecule is COc1cc(-c2cc(=O)[nH]c3c2=CCN=3)ccc1OCc1cccc(OC)c1C(F)(F)F. The Morgan fingerprint density at radius 1 is 1.03 bits per heavy atom. The molecule has 4 rings (SSSR count). The highest BCUT2D eigenvalue weighted by Gasteiger charge is 2.37. The van der Waals surface area contributed by atoms with E-state index in [1.54, 1.807) is 18.2 Å². The number of aromatic nitrogens is 1. The van der Waals surface area contributed by atoms with Crippen LogP contribution >= 0.6 is 0 Å². The predicted octanol–water partition coefficient (Wildman–Crippen LogP) is 3.07. The number of nitrogens with one attached hydrogen (secondary N) is 1. The molecule has 6 nitrogen and oxygen atoms in total. The van der Waals surface area contributed by atoms with Gasteiger partial charge in [0.1, 0.15) is 23.4 Å². The Morgan fingerprint density at radius 3 is 2.53 bits per heavy atom. The number of hydrogen-bond acceptors (Lipinski definition) is 5. The monoisotopic (exact) mass is 444 g/mol. The lowest BCUT2D eigenvalue weighted by Gasteiger charge is -2.18. The number of alkyl halides is 3. The Bertz CT molecular complexity index is 1350. The highest BCUT2D eigenvalue weighted by molar-refractivity contribution is 5.68. The minimum absolute atomic E-state index is 0.0633. The van der Waals surface area contributed by atoms with E-state index in [9.17, 15) is 18.0 Å². The van der Waals surface area contributed by atoms with Gasteiger partial charge in [-0.1, -0.05) is 24.3 Å². The number of halogens is 3. The Morgan fingerprint density at radius 2 is 1.81 bits per heavy atom. The Labute approximate surface area is 180 Å². The van der Waals surface area contributed by atoms with Gasteiger partial charge >= 0.3 is 6.18 Å². The van der Waals surface area contributed by atoms with E-state index in [2.05, 4.69) is 9.98 Å². The maximum Gasteiger partial charge on any atom is 0.420 e. The standard InChI is InChI=1S/C23H19F3N2O4/c1-30-18-5-3-4-14(21(18)23(24,25)26)12-32-17-7-6-13(10-19(17)31-2)16-11-20(29)28-22-15(16)8-9-27-22/h3-8,10-11H,9,12H2,1-2H3,(H,27,28,29). The van der Waals surface area contributed by atoms with Crippen molar-refractivity contribution in [1.29, 1.82) is 0 Å². The summed E-state index contributed by atoms with van der Waals surface area (Å²) in [7, 11) is 2.62. The number of methoxy groups -OCH3 is 2. The average Bonchev–Trinajstić information content (AvgIpc) is 3.24. The van der Waals surface area contributed by atoms with Gasteiger partial charge in [0.05, 0.1) is 20.8 Å². The van der Waals surface area contributed by atoms with Gasteiger partial charge in [0, 0.05) is 16.8 Å². The molecule has 1 N–H and O–H groups in total. The van der Waals surface area contributed by atoms with Crippen molar-refractivity contribution in [2.45, 2.75) is 12.8 Å². The molecule has 2 heterocycles. The van der Waals surface area contributed by atoms with Crippen LogP contribution in [-0.4, -0.2) is 25.7 Å². The van der Waals surface area contributed by atoms with Crippen LogP contribution in [0.3, 0.4) is 0 Å². The van der Waals surface area contributed by atoms with Crippen molar-refractivity contribution >= 4 is 6.08 Å². The number of pyridine rings is 1. The number of fused-ring (bicyclic) bond motifs is 1. The Balaban J connectivity index is 1.67. The van der Waals surface area contributed by atoms with Crippen LogP contribution in [0.15, 0.2) is 52.3 Å². The molecule has 9 heteroatoms. The van der Waals surface area contributed by atoms with E-state index >= 15 is 0 Å². The lowest BCUT2D eigenvalue weighted by molar-refractivity contribution is -0.139. The van der Waals surface area contributed by atoms with Crippen LogP contribution in [0.4, 0.5) is 13.2 Å². The van der Waals surface area contributed by atoms with Crippen molar-refractivity contribution < 1.29 is 27.4 Å². The number of hydrogen-bond donors (Lipinski definition) is 1. The summed E-state index contributed by atoms with van der Waals surface area (Å²) in [5.74, 6) is 0.316. The smallest absolute Gasteiger partial charge is 0.420 e. The second-order valence-corrected chi connectivity index (χ2v) is 7.00. The number of aromatic amines is 1. The molecule has 1 aliphatic rings. The number of nitrogens with zero attached hydrogens (tertiary/aromatic N) is 1. The zero-order valence-electron chi connectivity index (χ0n) is 17.2. The molecule has 1 aliphatic heterocycles. The summed E-state index contributed by atoms with van der Waals surface area (Å²) in [5.41, 5.74) is 0.673. The third kappa shape index (κ3) is 4.05. The summed E-state index contributed by atoms with van der Waals surface area (Å²) in [6, 6.07) is 10.5. The first kappa shape index (κ1) is 21.5. The van der Waals surface area contributed by atoms with Crippen LogP contribution in [-0.2, 0) is 12.8 Å². The van der Waals surface area contributed by atoms with Gasteiger partial charge in [-0.05, 0) is 29.3 Å². The third-order valence-electron chi connectivity index (χ3n) is 5.08. The molecule has 0 radical (unpaired) electrons. The van der Waals surface area contributed by atoms with Crippen LogP contribution in [0, 0.1) is 0 Å². The van der Waals surface area contributed by atoms with E-state index < -0.39 is 11.7 Å². The maximum atomic E-state index is 13.6. The van der Waals surface area contributed by atoms with Crippen LogP contribution in [0.2, 0.25) is 0 Å². The molecular weight excluding hydrogens is 425 g/mol. The van der Waals surface area contributed by atoms with E-state index in [0.29, 0.717) is 28.9 Å². The van der Waals surface area contributed by atoms with E-state index in [4.69, 9.17) is 14.2 Å². The topological polar surface area (TPSA) is 72.9 Å². The summed E-state index contributed by atoms with van der Waals surface area (Å²) in [4.78, 5) is 18.9. The first-order chi connectivity index (χ1) is 15.3. The molecule has 3 aromatic rings. The van der Waals surface area contributed by atoms with Crippen molar-refractivity contribution in [3.63, 3.8) is 0 Å². The van der Waals surface area contributed by atoms with Gasteiger partial charge in [0.25, 0.3) is 0 Å². The molecule has 0 unspecified atom stereocenters. The molecular formula is C23H19F3N2O4. The first-order valence-corrected chi connectivity index (χ1v) is 9.64. The number of ether oxygens (including phenoxy) is 3. The minimum Gasteiger partial charge on any atom is -0.496 e. The first-order valence-electron chi connectivity index (χ1n) is 9.64. The molecule has 0 saturated heterocycles. The second-order valence-electron chi connectivity index (χ2n) is 7.00. The van der Waals surface area contributed by atoms with Crippen LogP contribution in [0.5, 0.6) is 17.2 Å². The maximum absolute atomic E-state index is 13.6. The van der Waals surface area contributed by atoms with E-state index in [1.165, 1.54) is 38.5 Å². The van der Waals surface area contributed by atoms with Crippen LogP contribution in [0.1, 0.15) is 11.1 Å². The fraction of sp³-hybridized carbons (Fsp3) is 0.217. The molecule has 0 atom stereocenters. The van der Waals surface area contributed by atoms with E-state index in [1.807, 2.05) is 6.08 Å².